The third-order valence-electron chi connectivity index (χ3n) is 3.95. The van der Waals surface area contributed by atoms with Gasteiger partial charge in [0.15, 0.2) is 6.73 Å². The summed E-state index contributed by atoms with van der Waals surface area (Å²) in [6.45, 7) is 5.21. The standard InChI is InChI=1S/C18H29N3O5/c1-14(2)9-15(10-17(23)24)11-19-18(25)26-13-21-6-4-5-16(12-21)20(3)7-8-22/h4-6,8,14-15H,7,9-13H2,1-3H3,(H,19,25)(H,23,24). The molecule has 0 spiro atoms. The summed E-state index contributed by atoms with van der Waals surface area (Å²) in [4.78, 5) is 37.0. The number of nitrogens with one attached hydrogen (secondary N) is 1. The molecular formula is C18H29N3O5. The highest BCUT2D eigenvalue weighted by Gasteiger charge is 2.17. The normalized spacial score (nSPS) is 14.6. The van der Waals surface area contributed by atoms with Crippen LogP contribution in [-0.2, 0) is 14.3 Å². The van der Waals surface area contributed by atoms with Gasteiger partial charge in [0.25, 0.3) is 0 Å². The van der Waals surface area contributed by atoms with Crippen LogP contribution in [0.3, 0.4) is 0 Å². The van der Waals surface area contributed by atoms with E-state index in [4.69, 9.17) is 9.84 Å². The minimum absolute atomic E-state index is 0.0184. The maximum Gasteiger partial charge on any atom is 0.408 e. The molecule has 1 aliphatic heterocycles. The molecule has 0 saturated carbocycles. The van der Waals surface area contributed by atoms with Crippen molar-refractivity contribution in [3.05, 3.63) is 24.0 Å². The van der Waals surface area contributed by atoms with Crippen LogP contribution in [-0.4, -0.2) is 66.7 Å². The largest absolute Gasteiger partial charge is 0.481 e. The van der Waals surface area contributed by atoms with Crippen molar-refractivity contribution in [3.63, 3.8) is 0 Å². The van der Waals surface area contributed by atoms with E-state index in [9.17, 15) is 14.4 Å². The summed E-state index contributed by atoms with van der Waals surface area (Å²) >= 11 is 0. The van der Waals surface area contributed by atoms with Gasteiger partial charge in [0.05, 0.1) is 13.1 Å². The molecule has 1 amide bonds. The molecule has 26 heavy (non-hydrogen) atoms. The number of aldehydes is 1. The van der Waals surface area contributed by atoms with Gasteiger partial charge < -0.3 is 29.8 Å². The number of amides is 1. The van der Waals surface area contributed by atoms with Crippen LogP contribution in [0.5, 0.6) is 0 Å². The van der Waals surface area contributed by atoms with Gasteiger partial charge in [-0.15, -0.1) is 0 Å². The first-order valence-corrected chi connectivity index (χ1v) is 8.70. The summed E-state index contributed by atoms with van der Waals surface area (Å²) in [7, 11) is 1.82. The number of carbonyl (C=O) groups excluding carboxylic acids is 2. The number of allylic oxidation sites excluding steroid dienone is 2. The highest BCUT2D eigenvalue weighted by Crippen LogP contribution is 2.15. The number of carbonyl (C=O) groups is 3. The number of hydrogen-bond donors (Lipinski definition) is 2. The molecule has 0 radical (unpaired) electrons. The van der Waals surface area contributed by atoms with Gasteiger partial charge in [-0.3, -0.25) is 4.79 Å². The summed E-state index contributed by atoms with van der Waals surface area (Å²) in [5.74, 6) is -0.645. The van der Waals surface area contributed by atoms with Gasteiger partial charge in [-0.1, -0.05) is 13.8 Å². The maximum absolute atomic E-state index is 11.9. The van der Waals surface area contributed by atoms with Gasteiger partial charge in [-0.05, 0) is 30.4 Å². The molecule has 1 heterocycles. The number of aliphatic carboxylic acids is 1. The molecule has 0 aliphatic carbocycles. The van der Waals surface area contributed by atoms with Gasteiger partial charge >= 0.3 is 12.1 Å². The molecule has 0 aromatic rings. The van der Waals surface area contributed by atoms with E-state index in [1.165, 1.54) is 0 Å². The number of carboxylic acid groups (broad SMARTS) is 1. The van der Waals surface area contributed by atoms with E-state index < -0.39 is 12.1 Å². The van der Waals surface area contributed by atoms with E-state index in [1.807, 2.05) is 37.9 Å². The number of likely N-dealkylation sites (N-methyl/N-ethyl adjacent to an activating group) is 1. The van der Waals surface area contributed by atoms with E-state index in [0.29, 0.717) is 19.0 Å². The van der Waals surface area contributed by atoms with Crippen LogP contribution in [0.15, 0.2) is 24.0 Å². The van der Waals surface area contributed by atoms with Crippen molar-refractivity contribution < 1.29 is 24.2 Å². The van der Waals surface area contributed by atoms with Crippen molar-refractivity contribution in [2.45, 2.75) is 26.7 Å². The fourth-order valence-electron chi connectivity index (χ4n) is 2.73. The van der Waals surface area contributed by atoms with Gasteiger partial charge in [-0.25, -0.2) is 4.79 Å². The number of carboxylic acids is 1. The fraction of sp³-hybridized carbons (Fsp3) is 0.611. The molecule has 0 bridgehead atoms. The molecule has 0 aromatic heterocycles. The summed E-state index contributed by atoms with van der Waals surface area (Å²) < 4.78 is 5.19. The quantitative estimate of drug-likeness (QED) is 0.536. The number of rotatable bonds is 11. The second-order valence-corrected chi connectivity index (χ2v) is 6.83. The van der Waals surface area contributed by atoms with Crippen molar-refractivity contribution in [2.24, 2.45) is 11.8 Å². The van der Waals surface area contributed by atoms with Gasteiger partial charge in [0.2, 0.25) is 0 Å². The zero-order valence-electron chi connectivity index (χ0n) is 15.7. The van der Waals surface area contributed by atoms with Crippen LogP contribution < -0.4 is 5.32 Å². The second-order valence-electron chi connectivity index (χ2n) is 6.83. The number of hydrogen-bond acceptors (Lipinski definition) is 6. The van der Waals surface area contributed by atoms with E-state index in [0.717, 1.165) is 18.4 Å². The monoisotopic (exact) mass is 367 g/mol. The van der Waals surface area contributed by atoms with E-state index in [-0.39, 0.29) is 25.6 Å². The molecule has 1 atom stereocenters. The molecule has 146 valence electrons. The minimum Gasteiger partial charge on any atom is -0.481 e. The molecule has 0 fully saturated rings. The molecule has 1 unspecified atom stereocenters. The number of ether oxygens (including phenoxy) is 1. The van der Waals surface area contributed by atoms with Crippen LogP contribution in [0.4, 0.5) is 4.79 Å². The summed E-state index contributed by atoms with van der Waals surface area (Å²) in [6.07, 6.45) is 6.53. The average molecular weight is 367 g/mol. The Balaban J connectivity index is 2.37. The minimum atomic E-state index is -0.872. The summed E-state index contributed by atoms with van der Waals surface area (Å²) in [6, 6.07) is 0. The molecule has 0 aromatic carbocycles. The SMILES string of the molecule is CC(C)CC(CNC(=O)OCN1C=CC=C(N(C)CC=O)C1)CC(=O)O. The van der Waals surface area contributed by atoms with E-state index in [1.54, 1.807) is 11.1 Å². The Hall–Kier alpha value is -2.51. The highest BCUT2D eigenvalue weighted by molar-refractivity contribution is 5.68. The van der Waals surface area contributed by atoms with Crippen molar-refractivity contribution in [2.75, 3.05) is 33.4 Å². The van der Waals surface area contributed by atoms with Crippen molar-refractivity contribution in [1.82, 2.24) is 15.1 Å². The molecule has 8 nitrogen and oxygen atoms in total. The van der Waals surface area contributed by atoms with Crippen molar-refractivity contribution >= 4 is 18.3 Å². The Morgan fingerprint density at radius 3 is 2.81 bits per heavy atom. The zero-order chi connectivity index (χ0) is 19.5. The Morgan fingerprint density at radius 2 is 2.19 bits per heavy atom. The molecule has 2 N–H and O–H groups in total. The predicted molar refractivity (Wildman–Crippen MR) is 97.2 cm³/mol. The second kappa shape index (κ2) is 11.2. The first-order valence-electron chi connectivity index (χ1n) is 8.70. The van der Waals surface area contributed by atoms with Gasteiger partial charge in [-0.2, -0.15) is 0 Å². The summed E-state index contributed by atoms with van der Waals surface area (Å²) in [5.41, 5.74) is 0.946. The van der Waals surface area contributed by atoms with Crippen LogP contribution in [0.2, 0.25) is 0 Å². The lowest BCUT2D eigenvalue weighted by molar-refractivity contribution is -0.138. The zero-order valence-corrected chi connectivity index (χ0v) is 15.7. The molecule has 1 aliphatic rings. The Morgan fingerprint density at radius 1 is 1.46 bits per heavy atom. The van der Waals surface area contributed by atoms with Crippen LogP contribution >= 0.6 is 0 Å². The fourth-order valence-corrected chi connectivity index (χ4v) is 2.73. The smallest absolute Gasteiger partial charge is 0.408 e. The Kier molecular flexibility index (Phi) is 9.25. The third-order valence-corrected chi connectivity index (χ3v) is 3.95. The topological polar surface area (TPSA) is 99.2 Å². The Bertz CT molecular complexity index is 545. The third kappa shape index (κ3) is 8.55. The molecule has 8 heteroatoms. The van der Waals surface area contributed by atoms with Gasteiger partial charge in [0.1, 0.15) is 6.29 Å². The molecular weight excluding hydrogens is 338 g/mol. The molecule has 1 rings (SSSR count). The lowest BCUT2D eigenvalue weighted by Gasteiger charge is -2.29. The van der Waals surface area contributed by atoms with Crippen LogP contribution in [0.25, 0.3) is 0 Å². The maximum atomic E-state index is 11.9. The number of nitrogens with zero attached hydrogens (tertiary/aromatic N) is 2. The lowest BCUT2D eigenvalue weighted by Crippen LogP contribution is -2.36. The van der Waals surface area contributed by atoms with Crippen molar-refractivity contribution in [3.8, 4) is 0 Å². The summed E-state index contributed by atoms with van der Waals surface area (Å²) in [5, 5.41) is 11.6. The highest BCUT2D eigenvalue weighted by atomic mass is 16.6. The Labute approximate surface area is 154 Å². The lowest BCUT2D eigenvalue weighted by atomic mass is 9.94. The average Bonchev–Trinajstić information content (AvgIpc) is 2.57. The van der Waals surface area contributed by atoms with E-state index >= 15 is 0 Å². The van der Waals surface area contributed by atoms with E-state index in [2.05, 4.69) is 5.32 Å². The van der Waals surface area contributed by atoms with Crippen molar-refractivity contribution in [1.29, 1.82) is 0 Å². The van der Waals surface area contributed by atoms with Crippen LogP contribution in [0, 0.1) is 11.8 Å². The van der Waals surface area contributed by atoms with Crippen LogP contribution in [0.1, 0.15) is 26.7 Å². The molecule has 0 saturated heterocycles. The first kappa shape index (κ1) is 21.5. The van der Waals surface area contributed by atoms with Gasteiger partial charge in [0, 0.05) is 31.9 Å². The predicted octanol–water partition coefficient (Wildman–Crippen LogP) is 1.65. The first-order chi connectivity index (χ1) is 12.3. The number of alkyl carbamates (subject to hydrolysis) is 1.